The summed E-state index contributed by atoms with van der Waals surface area (Å²) in [6.45, 7) is 12.6. The van der Waals surface area contributed by atoms with Gasteiger partial charge in [0.05, 0.1) is 11.1 Å². The molecule has 2 rings (SSSR count). The van der Waals surface area contributed by atoms with E-state index in [0.29, 0.717) is 23.0 Å². The molecule has 0 saturated carbocycles. The van der Waals surface area contributed by atoms with Gasteiger partial charge in [-0.25, -0.2) is 4.98 Å². The summed E-state index contributed by atoms with van der Waals surface area (Å²) in [6.07, 6.45) is 0. The number of rotatable bonds is 6. The fourth-order valence-corrected chi connectivity index (χ4v) is 4.23. The highest BCUT2D eigenvalue weighted by Crippen LogP contribution is 2.28. The number of nitrogens with zero attached hydrogens (tertiary/aromatic N) is 2. The molecule has 2 aromatic rings. The molecule has 1 N–H and O–H groups in total. The normalized spacial score (nSPS) is 12.8. The second-order valence-electron chi connectivity index (χ2n) is 6.30. The van der Waals surface area contributed by atoms with Crippen LogP contribution in [0.5, 0.6) is 0 Å². The third kappa shape index (κ3) is 3.83. The molecule has 5 nitrogen and oxygen atoms in total. The molecule has 0 aliphatic rings. The van der Waals surface area contributed by atoms with Crippen molar-refractivity contribution >= 4 is 39.2 Å². The molecule has 0 aliphatic carbocycles. The maximum atomic E-state index is 12.7. The van der Waals surface area contributed by atoms with Crippen molar-refractivity contribution < 1.29 is 4.79 Å². The van der Waals surface area contributed by atoms with Gasteiger partial charge in [0.1, 0.15) is 4.83 Å². The molecule has 0 spiro atoms. The molecule has 0 aliphatic heterocycles. The molecular weight excluding hydrogens is 342 g/mol. The minimum atomic E-state index is -0.0308. The van der Waals surface area contributed by atoms with Gasteiger partial charge in [0, 0.05) is 17.5 Å². The molecule has 132 valence electrons. The highest BCUT2D eigenvalue weighted by Gasteiger charge is 2.17. The molecule has 0 bridgehead atoms. The summed E-state index contributed by atoms with van der Waals surface area (Å²) in [5.74, 6) is 0.620. The van der Waals surface area contributed by atoms with Gasteiger partial charge in [-0.15, -0.1) is 11.3 Å². The average Bonchev–Trinajstić information content (AvgIpc) is 2.80. The number of hydrogen-bond acceptors (Lipinski definition) is 5. The molecule has 2 aromatic heterocycles. The number of thiophene rings is 1. The lowest BCUT2D eigenvalue weighted by atomic mass is 10.1. The molecule has 24 heavy (non-hydrogen) atoms. The topological polar surface area (TPSA) is 64.0 Å². The molecule has 0 fully saturated rings. The van der Waals surface area contributed by atoms with Crippen LogP contribution in [0.3, 0.4) is 0 Å². The molecule has 7 heteroatoms. The van der Waals surface area contributed by atoms with Crippen LogP contribution in [0.15, 0.2) is 9.95 Å². The zero-order chi connectivity index (χ0) is 18.0. The largest absolute Gasteiger partial charge is 0.353 e. The lowest BCUT2D eigenvalue weighted by Crippen LogP contribution is -2.37. The summed E-state index contributed by atoms with van der Waals surface area (Å²) in [5.41, 5.74) is 0.998. The van der Waals surface area contributed by atoms with Crippen molar-refractivity contribution in [2.75, 3.05) is 5.75 Å². The molecule has 0 radical (unpaired) electrons. The van der Waals surface area contributed by atoms with Crippen molar-refractivity contribution in [1.29, 1.82) is 0 Å². The number of aromatic nitrogens is 2. The highest BCUT2D eigenvalue weighted by atomic mass is 32.2. The van der Waals surface area contributed by atoms with Crippen LogP contribution < -0.4 is 10.9 Å². The van der Waals surface area contributed by atoms with Gasteiger partial charge >= 0.3 is 0 Å². The molecule has 2 heterocycles. The maximum absolute atomic E-state index is 12.7. The Hall–Kier alpha value is -1.34. The Morgan fingerprint density at radius 3 is 2.58 bits per heavy atom. The SMILES string of the molecule is CCn1c(SCC(=O)NC(C)C(C)C)nc2sc(C)c(C)c2c1=O. The van der Waals surface area contributed by atoms with E-state index in [9.17, 15) is 9.59 Å². The zero-order valence-electron chi connectivity index (χ0n) is 15.1. The van der Waals surface area contributed by atoms with E-state index in [0.717, 1.165) is 15.3 Å². The Kier molecular flexibility index (Phi) is 6.09. The van der Waals surface area contributed by atoms with Crippen LogP contribution in [0.4, 0.5) is 0 Å². The number of nitrogens with one attached hydrogen (secondary N) is 1. The first-order valence-corrected chi connectivity index (χ1v) is 9.99. The van der Waals surface area contributed by atoms with Crippen molar-refractivity contribution in [3.63, 3.8) is 0 Å². The van der Waals surface area contributed by atoms with Gasteiger partial charge in [0.2, 0.25) is 5.91 Å². The van der Waals surface area contributed by atoms with Crippen LogP contribution in [0.1, 0.15) is 38.1 Å². The van der Waals surface area contributed by atoms with Gasteiger partial charge in [0.15, 0.2) is 5.16 Å². The molecule has 1 unspecified atom stereocenters. The summed E-state index contributed by atoms with van der Waals surface area (Å²) in [5, 5.41) is 4.30. The Bertz CT molecular complexity index is 808. The van der Waals surface area contributed by atoms with Crippen molar-refractivity contribution in [1.82, 2.24) is 14.9 Å². The van der Waals surface area contributed by atoms with Crippen molar-refractivity contribution in [2.45, 2.75) is 59.3 Å². The zero-order valence-corrected chi connectivity index (χ0v) is 16.7. The van der Waals surface area contributed by atoms with E-state index in [2.05, 4.69) is 24.1 Å². The van der Waals surface area contributed by atoms with Crippen molar-refractivity contribution in [3.8, 4) is 0 Å². The highest BCUT2D eigenvalue weighted by molar-refractivity contribution is 7.99. The summed E-state index contributed by atoms with van der Waals surface area (Å²) >= 11 is 2.86. The lowest BCUT2D eigenvalue weighted by molar-refractivity contribution is -0.119. The van der Waals surface area contributed by atoms with Gasteiger partial charge in [-0.3, -0.25) is 14.2 Å². The number of fused-ring (bicyclic) bond motifs is 1. The van der Waals surface area contributed by atoms with Crippen molar-refractivity contribution in [2.24, 2.45) is 5.92 Å². The monoisotopic (exact) mass is 367 g/mol. The van der Waals surface area contributed by atoms with Crippen LogP contribution >= 0.6 is 23.1 Å². The second kappa shape index (κ2) is 7.70. The van der Waals surface area contributed by atoms with Crippen LogP contribution in [-0.2, 0) is 11.3 Å². The van der Waals surface area contributed by atoms with E-state index in [1.54, 1.807) is 4.57 Å². The minimum Gasteiger partial charge on any atom is -0.353 e. The van der Waals surface area contributed by atoms with Gasteiger partial charge in [-0.05, 0) is 39.2 Å². The number of carbonyl (C=O) groups is 1. The first-order valence-electron chi connectivity index (χ1n) is 8.18. The van der Waals surface area contributed by atoms with E-state index in [1.165, 1.54) is 23.1 Å². The van der Waals surface area contributed by atoms with Gasteiger partial charge in [-0.1, -0.05) is 25.6 Å². The number of aryl methyl sites for hydroxylation is 2. The number of amides is 1. The van der Waals surface area contributed by atoms with Gasteiger partial charge in [-0.2, -0.15) is 0 Å². The van der Waals surface area contributed by atoms with Crippen LogP contribution in [0, 0.1) is 19.8 Å². The quantitative estimate of drug-likeness (QED) is 0.628. The predicted octanol–water partition coefficient (Wildman–Crippen LogP) is 3.35. The molecule has 1 atom stereocenters. The van der Waals surface area contributed by atoms with E-state index in [1.807, 2.05) is 27.7 Å². The molecule has 0 aromatic carbocycles. The first-order chi connectivity index (χ1) is 11.3. The van der Waals surface area contributed by atoms with Gasteiger partial charge < -0.3 is 5.32 Å². The fourth-order valence-electron chi connectivity index (χ4n) is 2.29. The van der Waals surface area contributed by atoms with E-state index in [4.69, 9.17) is 0 Å². The van der Waals surface area contributed by atoms with Gasteiger partial charge in [0.25, 0.3) is 5.56 Å². The smallest absolute Gasteiger partial charge is 0.263 e. The second-order valence-corrected chi connectivity index (χ2v) is 8.44. The summed E-state index contributed by atoms with van der Waals surface area (Å²) in [7, 11) is 0. The van der Waals surface area contributed by atoms with E-state index < -0.39 is 0 Å². The van der Waals surface area contributed by atoms with Crippen LogP contribution in [-0.4, -0.2) is 27.3 Å². The van der Waals surface area contributed by atoms with Crippen LogP contribution in [0.25, 0.3) is 10.2 Å². The third-order valence-corrected chi connectivity index (χ3v) is 6.37. The maximum Gasteiger partial charge on any atom is 0.263 e. The minimum absolute atomic E-state index is 0.0113. The summed E-state index contributed by atoms with van der Waals surface area (Å²) in [4.78, 5) is 31.4. The lowest BCUT2D eigenvalue weighted by Gasteiger charge is -2.17. The Morgan fingerprint density at radius 1 is 1.33 bits per heavy atom. The van der Waals surface area contributed by atoms with E-state index in [-0.39, 0.29) is 23.3 Å². The molecular formula is C17H25N3O2S2. The third-order valence-electron chi connectivity index (χ3n) is 4.29. The van der Waals surface area contributed by atoms with E-state index >= 15 is 0 Å². The average molecular weight is 368 g/mol. The number of hydrogen-bond donors (Lipinski definition) is 1. The molecule has 1 amide bonds. The molecule has 0 saturated heterocycles. The summed E-state index contributed by atoms with van der Waals surface area (Å²) < 4.78 is 1.66. The Morgan fingerprint density at radius 2 is 2.00 bits per heavy atom. The first kappa shape index (κ1) is 19.0. The number of carbonyl (C=O) groups excluding carboxylic acids is 1. The predicted molar refractivity (Wildman–Crippen MR) is 102 cm³/mol. The fraction of sp³-hybridized carbons (Fsp3) is 0.588. The summed E-state index contributed by atoms with van der Waals surface area (Å²) in [6, 6.07) is 0.129. The number of thioether (sulfide) groups is 1. The van der Waals surface area contributed by atoms with Crippen LogP contribution in [0.2, 0.25) is 0 Å². The van der Waals surface area contributed by atoms with Crippen molar-refractivity contribution in [3.05, 3.63) is 20.8 Å². The Labute approximate surface area is 150 Å². The Balaban J connectivity index is 2.26. The standard InChI is InChI=1S/C17H25N3O2S2/c1-7-20-16(22)14-10(4)12(6)24-15(14)19-17(20)23-8-13(21)18-11(5)9(2)3/h9,11H,7-8H2,1-6H3,(H,18,21).